The zero-order valence-corrected chi connectivity index (χ0v) is 7.77. The van der Waals surface area contributed by atoms with E-state index in [1.54, 1.807) is 30.3 Å². The van der Waals surface area contributed by atoms with Gasteiger partial charge < -0.3 is 10.5 Å². The molecule has 2 N–H and O–H groups in total. The van der Waals surface area contributed by atoms with E-state index < -0.39 is 18.0 Å². The highest BCUT2D eigenvalue weighted by Gasteiger charge is 2.15. The second-order valence-electron chi connectivity index (χ2n) is 2.82. The van der Waals surface area contributed by atoms with Gasteiger partial charge in [-0.3, -0.25) is 4.79 Å². The summed E-state index contributed by atoms with van der Waals surface area (Å²) in [7, 11) is 0. The molecule has 0 saturated carbocycles. The molecule has 0 aliphatic rings. The van der Waals surface area contributed by atoms with Gasteiger partial charge in [0.25, 0.3) is 5.91 Å². The SMILES string of the molecule is C[C@H](OC(=O)c1ccccc1)C(N)=O. The smallest absolute Gasteiger partial charge is 0.338 e. The summed E-state index contributed by atoms with van der Waals surface area (Å²) in [5.41, 5.74) is 5.35. The maximum absolute atomic E-state index is 11.3. The molecule has 1 amide bonds. The largest absolute Gasteiger partial charge is 0.449 e. The van der Waals surface area contributed by atoms with Crippen LogP contribution in [0, 0.1) is 0 Å². The molecule has 0 radical (unpaired) electrons. The quantitative estimate of drug-likeness (QED) is 0.719. The highest BCUT2D eigenvalue weighted by molar-refractivity contribution is 5.91. The van der Waals surface area contributed by atoms with Gasteiger partial charge in [0.2, 0.25) is 0 Å². The van der Waals surface area contributed by atoms with Crippen molar-refractivity contribution in [3.05, 3.63) is 35.9 Å². The van der Waals surface area contributed by atoms with E-state index in [1.807, 2.05) is 0 Å². The van der Waals surface area contributed by atoms with Crippen molar-refractivity contribution in [3.8, 4) is 0 Å². The molecule has 74 valence electrons. The van der Waals surface area contributed by atoms with Gasteiger partial charge in [-0.15, -0.1) is 0 Å². The fraction of sp³-hybridized carbons (Fsp3) is 0.200. The summed E-state index contributed by atoms with van der Waals surface area (Å²) in [6.45, 7) is 1.43. The minimum Gasteiger partial charge on any atom is -0.449 e. The third-order valence-corrected chi connectivity index (χ3v) is 1.69. The molecule has 1 aromatic rings. The summed E-state index contributed by atoms with van der Waals surface area (Å²) in [5.74, 6) is -1.20. The molecule has 0 spiro atoms. The molecule has 4 nitrogen and oxygen atoms in total. The molecule has 0 unspecified atom stereocenters. The number of hydrogen-bond acceptors (Lipinski definition) is 3. The maximum atomic E-state index is 11.3. The summed E-state index contributed by atoms with van der Waals surface area (Å²) in [6.07, 6.45) is -0.900. The van der Waals surface area contributed by atoms with Crippen molar-refractivity contribution in [1.29, 1.82) is 0 Å². The van der Waals surface area contributed by atoms with Gasteiger partial charge in [-0.25, -0.2) is 4.79 Å². The van der Waals surface area contributed by atoms with Crippen molar-refractivity contribution in [3.63, 3.8) is 0 Å². The molecule has 1 rings (SSSR count). The van der Waals surface area contributed by atoms with Crippen LogP contribution in [0.25, 0.3) is 0 Å². The van der Waals surface area contributed by atoms with Crippen molar-refractivity contribution in [2.45, 2.75) is 13.0 Å². The second-order valence-corrected chi connectivity index (χ2v) is 2.82. The van der Waals surface area contributed by atoms with E-state index in [4.69, 9.17) is 10.5 Å². The van der Waals surface area contributed by atoms with Gasteiger partial charge in [0.05, 0.1) is 5.56 Å². The Labute approximate surface area is 81.7 Å². The summed E-state index contributed by atoms with van der Waals surface area (Å²) in [5, 5.41) is 0. The lowest BCUT2D eigenvalue weighted by atomic mass is 10.2. The van der Waals surface area contributed by atoms with Gasteiger partial charge in [0.15, 0.2) is 6.10 Å². The molecule has 4 heteroatoms. The number of ether oxygens (including phenoxy) is 1. The third-order valence-electron chi connectivity index (χ3n) is 1.69. The molecule has 14 heavy (non-hydrogen) atoms. The first kappa shape index (κ1) is 10.2. The third kappa shape index (κ3) is 2.58. The van der Waals surface area contributed by atoms with Gasteiger partial charge in [0.1, 0.15) is 0 Å². The van der Waals surface area contributed by atoms with Crippen LogP contribution in [0.3, 0.4) is 0 Å². The minimum absolute atomic E-state index is 0.403. The van der Waals surface area contributed by atoms with E-state index in [0.29, 0.717) is 5.56 Å². The van der Waals surface area contributed by atoms with Gasteiger partial charge in [-0.1, -0.05) is 18.2 Å². The number of rotatable bonds is 3. The number of esters is 1. The molecule has 0 fully saturated rings. The first-order valence-corrected chi connectivity index (χ1v) is 4.16. The molecule has 0 saturated heterocycles. The number of benzene rings is 1. The van der Waals surface area contributed by atoms with Crippen LogP contribution in [0.5, 0.6) is 0 Å². The molecule has 0 bridgehead atoms. The lowest BCUT2D eigenvalue weighted by Crippen LogP contribution is -2.30. The van der Waals surface area contributed by atoms with Crippen LogP contribution < -0.4 is 5.73 Å². The molecule has 0 aromatic heterocycles. The van der Waals surface area contributed by atoms with E-state index in [2.05, 4.69) is 0 Å². The summed E-state index contributed by atoms with van der Waals surface area (Å²) in [6, 6.07) is 8.43. The highest BCUT2D eigenvalue weighted by atomic mass is 16.5. The van der Waals surface area contributed by atoms with Gasteiger partial charge in [-0.05, 0) is 19.1 Å². The summed E-state index contributed by atoms with van der Waals surface area (Å²) < 4.78 is 4.78. The van der Waals surface area contributed by atoms with Crippen LogP contribution >= 0.6 is 0 Å². The van der Waals surface area contributed by atoms with E-state index in [1.165, 1.54) is 6.92 Å². The van der Waals surface area contributed by atoms with E-state index in [0.717, 1.165) is 0 Å². The van der Waals surface area contributed by atoms with Crippen molar-refractivity contribution in [1.82, 2.24) is 0 Å². The van der Waals surface area contributed by atoms with Gasteiger partial charge in [0, 0.05) is 0 Å². The number of hydrogen-bond donors (Lipinski definition) is 1. The van der Waals surface area contributed by atoms with Gasteiger partial charge >= 0.3 is 5.97 Å². The Morgan fingerprint density at radius 2 is 1.86 bits per heavy atom. The molecule has 1 aromatic carbocycles. The Kier molecular flexibility index (Phi) is 3.23. The average molecular weight is 193 g/mol. The standard InChI is InChI=1S/C10H11NO3/c1-7(9(11)12)14-10(13)8-5-3-2-4-6-8/h2-7H,1H3,(H2,11,12)/t7-/m0/s1. The summed E-state index contributed by atoms with van der Waals surface area (Å²) in [4.78, 5) is 21.9. The molecule has 0 aliphatic heterocycles. The fourth-order valence-corrected chi connectivity index (χ4v) is 0.861. The van der Waals surface area contributed by atoms with E-state index in [-0.39, 0.29) is 0 Å². The fourth-order valence-electron chi connectivity index (χ4n) is 0.861. The predicted molar refractivity (Wildman–Crippen MR) is 50.5 cm³/mol. The van der Waals surface area contributed by atoms with Crippen LogP contribution in [0.15, 0.2) is 30.3 Å². The summed E-state index contributed by atoms with van der Waals surface area (Å²) >= 11 is 0. The Morgan fingerprint density at radius 1 is 1.29 bits per heavy atom. The van der Waals surface area contributed by atoms with Gasteiger partial charge in [-0.2, -0.15) is 0 Å². The predicted octanol–water partition coefficient (Wildman–Crippen LogP) is 0.717. The van der Waals surface area contributed by atoms with Crippen molar-refractivity contribution < 1.29 is 14.3 Å². The van der Waals surface area contributed by atoms with Crippen molar-refractivity contribution in [2.75, 3.05) is 0 Å². The zero-order chi connectivity index (χ0) is 10.6. The number of carbonyl (C=O) groups is 2. The Hall–Kier alpha value is -1.84. The highest BCUT2D eigenvalue weighted by Crippen LogP contribution is 2.03. The number of nitrogens with two attached hydrogens (primary N) is 1. The van der Waals surface area contributed by atoms with E-state index in [9.17, 15) is 9.59 Å². The topological polar surface area (TPSA) is 69.4 Å². The second kappa shape index (κ2) is 4.41. The Balaban J connectivity index is 2.64. The Morgan fingerprint density at radius 3 is 2.36 bits per heavy atom. The molecule has 0 aliphatic carbocycles. The van der Waals surface area contributed by atoms with Crippen LogP contribution in [-0.4, -0.2) is 18.0 Å². The number of carbonyl (C=O) groups excluding carboxylic acids is 2. The normalized spacial score (nSPS) is 11.8. The van der Waals surface area contributed by atoms with E-state index >= 15 is 0 Å². The molecule has 1 atom stereocenters. The lowest BCUT2D eigenvalue weighted by Gasteiger charge is -2.08. The van der Waals surface area contributed by atoms with Crippen LogP contribution in [0.1, 0.15) is 17.3 Å². The minimum atomic E-state index is -0.900. The lowest BCUT2D eigenvalue weighted by molar-refractivity contribution is -0.125. The first-order valence-electron chi connectivity index (χ1n) is 4.16. The number of primary amides is 1. The Bertz CT molecular complexity index is 334. The van der Waals surface area contributed by atoms with Crippen LogP contribution in [0.4, 0.5) is 0 Å². The maximum Gasteiger partial charge on any atom is 0.338 e. The molecule has 0 heterocycles. The first-order chi connectivity index (χ1) is 6.61. The van der Waals surface area contributed by atoms with Crippen LogP contribution in [0.2, 0.25) is 0 Å². The van der Waals surface area contributed by atoms with Crippen molar-refractivity contribution >= 4 is 11.9 Å². The van der Waals surface area contributed by atoms with Crippen LogP contribution in [-0.2, 0) is 9.53 Å². The molecular weight excluding hydrogens is 182 g/mol. The zero-order valence-electron chi connectivity index (χ0n) is 7.77. The monoisotopic (exact) mass is 193 g/mol. The number of amides is 1. The average Bonchev–Trinajstić information content (AvgIpc) is 2.19. The van der Waals surface area contributed by atoms with Crippen molar-refractivity contribution in [2.24, 2.45) is 5.73 Å². The molecular formula is C10H11NO3.